The molecular formula is C18H22F3N7O. The molecule has 156 valence electrons. The average molecular weight is 409 g/mol. The lowest BCUT2D eigenvalue weighted by Gasteiger charge is -2.28. The second-order valence-corrected chi connectivity index (χ2v) is 7.31. The van der Waals surface area contributed by atoms with Gasteiger partial charge in [0, 0.05) is 37.3 Å². The third kappa shape index (κ3) is 4.10. The van der Waals surface area contributed by atoms with Crippen LogP contribution in [0, 0.1) is 5.92 Å². The summed E-state index contributed by atoms with van der Waals surface area (Å²) < 4.78 is 46.2. The number of nitrogens with one attached hydrogen (secondary N) is 1. The lowest BCUT2D eigenvalue weighted by atomic mass is 9.93. The molecule has 8 nitrogen and oxygen atoms in total. The number of aromatic nitrogens is 4. The predicted molar refractivity (Wildman–Crippen MR) is 100 cm³/mol. The Bertz CT molecular complexity index is 886. The maximum Gasteiger partial charge on any atom is 0.434 e. The topological polar surface area (TPSA) is 102 Å². The Morgan fingerprint density at radius 2 is 1.93 bits per heavy atom. The smallest absolute Gasteiger partial charge is 0.378 e. The number of hydrogen-bond acceptors (Lipinski definition) is 8. The van der Waals surface area contributed by atoms with Gasteiger partial charge in [-0.25, -0.2) is 19.9 Å². The zero-order chi connectivity index (χ0) is 20.6. The van der Waals surface area contributed by atoms with Crippen molar-refractivity contribution in [2.75, 3.05) is 50.0 Å². The van der Waals surface area contributed by atoms with Crippen molar-refractivity contribution in [2.45, 2.75) is 19.0 Å². The predicted octanol–water partition coefficient (Wildman–Crippen LogP) is 1.69. The van der Waals surface area contributed by atoms with Gasteiger partial charge in [0.25, 0.3) is 0 Å². The highest BCUT2D eigenvalue weighted by Crippen LogP contribution is 2.37. The van der Waals surface area contributed by atoms with Crippen LogP contribution in [0.4, 0.5) is 25.1 Å². The molecule has 0 amide bonds. The van der Waals surface area contributed by atoms with Crippen molar-refractivity contribution >= 4 is 11.9 Å². The Morgan fingerprint density at radius 1 is 1.17 bits per heavy atom. The molecule has 0 bridgehead atoms. The minimum atomic E-state index is -4.68. The minimum absolute atomic E-state index is 0.0839. The van der Waals surface area contributed by atoms with E-state index in [1.54, 1.807) is 6.07 Å². The summed E-state index contributed by atoms with van der Waals surface area (Å²) in [5.74, 6) is 0.350. The third-order valence-corrected chi connectivity index (χ3v) is 5.28. The van der Waals surface area contributed by atoms with Gasteiger partial charge in [-0.1, -0.05) is 6.92 Å². The van der Waals surface area contributed by atoms with Crippen LogP contribution in [0.1, 0.15) is 24.2 Å². The molecule has 2 aromatic heterocycles. The van der Waals surface area contributed by atoms with Gasteiger partial charge in [-0.2, -0.15) is 13.2 Å². The molecule has 0 radical (unpaired) electrons. The summed E-state index contributed by atoms with van der Waals surface area (Å²) in [5, 5.41) is 3.31. The molecule has 2 aliphatic heterocycles. The van der Waals surface area contributed by atoms with E-state index in [1.165, 1.54) is 0 Å². The molecule has 2 aliphatic rings. The number of nitrogens with zero attached hydrogens (tertiary/aromatic N) is 5. The summed E-state index contributed by atoms with van der Waals surface area (Å²) >= 11 is 0. The number of anilines is 2. The first-order valence-electron chi connectivity index (χ1n) is 9.45. The number of halogens is 3. The molecule has 4 rings (SSSR count). The summed E-state index contributed by atoms with van der Waals surface area (Å²) in [6.45, 7) is 5.82. The van der Waals surface area contributed by atoms with Crippen LogP contribution in [0.3, 0.4) is 0 Å². The first-order chi connectivity index (χ1) is 13.8. The lowest BCUT2D eigenvalue weighted by molar-refractivity contribution is -0.140. The van der Waals surface area contributed by atoms with Crippen LogP contribution in [0.2, 0.25) is 0 Å². The van der Waals surface area contributed by atoms with E-state index in [2.05, 4.69) is 27.2 Å². The Kier molecular flexibility index (Phi) is 5.26. The SMILES string of the molecule is CC1CNC[C@H]1c1cc(-c2cnc(N)nc2C(F)(F)F)nc(N2CCOCC2)n1. The number of nitrogens with two attached hydrogens (primary N) is 1. The van der Waals surface area contributed by atoms with Crippen LogP contribution in [0.15, 0.2) is 12.3 Å². The van der Waals surface area contributed by atoms with Crippen molar-refractivity contribution in [3.05, 3.63) is 23.7 Å². The fourth-order valence-electron chi connectivity index (χ4n) is 3.69. The number of hydrogen-bond donors (Lipinski definition) is 2. The summed E-state index contributed by atoms with van der Waals surface area (Å²) in [5.41, 5.74) is 4.96. The normalized spacial score (nSPS) is 22.8. The number of morpholine rings is 1. The molecule has 0 aromatic carbocycles. The van der Waals surface area contributed by atoms with Crippen LogP contribution < -0.4 is 16.0 Å². The highest BCUT2D eigenvalue weighted by molar-refractivity contribution is 5.64. The molecule has 0 saturated carbocycles. The van der Waals surface area contributed by atoms with E-state index < -0.39 is 17.8 Å². The fourth-order valence-corrected chi connectivity index (χ4v) is 3.69. The summed E-state index contributed by atoms with van der Waals surface area (Å²) in [7, 11) is 0. The Labute approximate surface area is 165 Å². The molecule has 11 heteroatoms. The largest absolute Gasteiger partial charge is 0.434 e. The molecule has 1 unspecified atom stereocenters. The molecule has 0 spiro atoms. The van der Waals surface area contributed by atoms with Gasteiger partial charge in [0.15, 0.2) is 5.69 Å². The van der Waals surface area contributed by atoms with Crippen LogP contribution in [0.5, 0.6) is 0 Å². The van der Waals surface area contributed by atoms with E-state index in [0.29, 0.717) is 50.4 Å². The Morgan fingerprint density at radius 3 is 2.59 bits per heavy atom. The zero-order valence-electron chi connectivity index (χ0n) is 15.9. The van der Waals surface area contributed by atoms with E-state index in [0.717, 1.165) is 12.7 Å². The van der Waals surface area contributed by atoms with Crippen LogP contribution in [0.25, 0.3) is 11.3 Å². The van der Waals surface area contributed by atoms with Crippen molar-refractivity contribution in [3.8, 4) is 11.3 Å². The van der Waals surface area contributed by atoms with E-state index in [9.17, 15) is 13.2 Å². The molecule has 2 atom stereocenters. The van der Waals surface area contributed by atoms with Crippen molar-refractivity contribution < 1.29 is 17.9 Å². The van der Waals surface area contributed by atoms with Crippen molar-refractivity contribution in [1.82, 2.24) is 25.3 Å². The molecule has 3 N–H and O–H groups in total. The van der Waals surface area contributed by atoms with Gasteiger partial charge >= 0.3 is 6.18 Å². The van der Waals surface area contributed by atoms with Crippen LogP contribution in [-0.4, -0.2) is 59.3 Å². The number of ether oxygens (including phenoxy) is 1. The molecular weight excluding hydrogens is 387 g/mol. The fraction of sp³-hybridized carbons (Fsp3) is 0.556. The Hall–Kier alpha value is -2.53. The second kappa shape index (κ2) is 7.71. The number of alkyl halides is 3. The van der Waals surface area contributed by atoms with Crippen LogP contribution in [-0.2, 0) is 10.9 Å². The van der Waals surface area contributed by atoms with Crippen LogP contribution >= 0.6 is 0 Å². The summed E-state index contributed by atoms with van der Waals surface area (Å²) in [6, 6.07) is 1.61. The van der Waals surface area contributed by atoms with E-state index in [4.69, 9.17) is 15.5 Å². The minimum Gasteiger partial charge on any atom is -0.378 e. The average Bonchev–Trinajstić information content (AvgIpc) is 3.13. The van der Waals surface area contributed by atoms with Gasteiger partial charge in [-0.15, -0.1) is 0 Å². The van der Waals surface area contributed by atoms with Gasteiger partial charge < -0.3 is 20.7 Å². The second-order valence-electron chi connectivity index (χ2n) is 7.31. The van der Waals surface area contributed by atoms with Gasteiger partial charge in [-0.3, -0.25) is 0 Å². The quantitative estimate of drug-likeness (QED) is 0.790. The van der Waals surface area contributed by atoms with E-state index in [-0.39, 0.29) is 17.2 Å². The third-order valence-electron chi connectivity index (χ3n) is 5.28. The summed E-state index contributed by atoms with van der Waals surface area (Å²) in [6.07, 6.45) is -3.60. The number of nitrogen functional groups attached to an aromatic ring is 1. The van der Waals surface area contributed by atoms with E-state index >= 15 is 0 Å². The Balaban J connectivity index is 1.84. The molecule has 2 fully saturated rings. The summed E-state index contributed by atoms with van der Waals surface area (Å²) in [4.78, 5) is 18.3. The zero-order valence-corrected chi connectivity index (χ0v) is 15.9. The molecule has 2 saturated heterocycles. The van der Waals surface area contributed by atoms with Crippen molar-refractivity contribution in [3.63, 3.8) is 0 Å². The lowest BCUT2D eigenvalue weighted by Crippen LogP contribution is -2.37. The van der Waals surface area contributed by atoms with Gasteiger partial charge in [0.05, 0.1) is 24.6 Å². The van der Waals surface area contributed by atoms with Crippen molar-refractivity contribution in [1.29, 1.82) is 0 Å². The highest BCUT2D eigenvalue weighted by atomic mass is 19.4. The first-order valence-corrected chi connectivity index (χ1v) is 9.45. The molecule has 29 heavy (non-hydrogen) atoms. The monoisotopic (exact) mass is 409 g/mol. The standard InChI is InChI=1S/C18H22F3N7O/c1-10-7-23-8-11(10)13-6-14(26-17(25-13)28-2-4-29-5-3-28)12-9-24-16(22)27-15(12)18(19,20)21/h6,9-11,23H,2-5,7-8H2,1H3,(H2,22,24,27)/t10?,11-/m1/s1. The maximum atomic E-state index is 13.6. The van der Waals surface area contributed by atoms with E-state index in [1.807, 2.05) is 4.90 Å². The van der Waals surface area contributed by atoms with Gasteiger partial charge in [-0.05, 0) is 18.5 Å². The van der Waals surface area contributed by atoms with Gasteiger partial charge in [0.2, 0.25) is 11.9 Å². The molecule has 0 aliphatic carbocycles. The molecule has 4 heterocycles. The first kappa shape index (κ1) is 19.8. The highest BCUT2D eigenvalue weighted by Gasteiger charge is 2.37. The van der Waals surface area contributed by atoms with Gasteiger partial charge in [0.1, 0.15) is 0 Å². The maximum absolute atomic E-state index is 13.6. The van der Waals surface area contributed by atoms with Crippen molar-refractivity contribution in [2.24, 2.45) is 5.92 Å². The number of rotatable bonds is 3. The molecule has 2 aromatic rings.